The lowest BCUT2D eigenvalue weighted by Gasteiger charge is -1.87. The van der Waals surface area contributed by atoms with Crippen LogP contribution in [0, 0.1) is 0 Å². The van der Waals surface area contributed by atoms with Gasteiger partial charge in [-0.2, -0.15) is 0 Å². The molecular weight excluding hydrogens is 178 g/mol. The molecule has 0 aliphatic rings. The van der Waals surface area contributed by atoms with Crippen LogP contribution in [0.4, 0.5) is 5.69 Å². The highest BCUT2D eigenvalue weighted by molar-refractivity contribution is 7.16. The summed E-state index contributed by atoms with van der Waals surface area (Å²) in [5.41, 5.74) is 5.65. The number of hydrogen-bond acceptors (Lipinski definition) is 4. The lowest BCUT2D eigenvalue weighted by molar-refractivity contribution is 0.0702. The molecule has 0 aromatic carbocycles. The number of nitrogen functional groups attached to an aromatic ring is 1. The van der Waals surface area contributed by atoms with Gasteiger partial charge in [0.1, 0.15) is 4.88 Å². The highest BCUT2D eigenvalue weighted by Crippen LogP contribution is 2.24. The number of carbonyl (C=O) groups excluding carboxylic acids is 1. The summed E-state index contributed by atoms with van der Waals surface area (Å²) in [4.78, 5) is 21.7. The predicted octanol–water partition coefficient (Wildman–Crippen LogP) is 1.23. The monoisotopic (exact) mass is 185 g/mol. The fourth-order valence-electron chi connectivity index (χ4n) is 0.786. The van der Waals surface area contributed by atoms with Crippen molar-refractivity contribution in [3.8, 4) is 0 Å². The van der Waals surface area contributed by atoms with E-state index in [1.165, 1.54) is 13.0 Å². The third-order valence-electron chi connectivity index (χ3n) is 1.29. The van der Waals surface area contributed by atoms with Gasteiger partial charge >= 0.3 is 5.97 Å². The van der Waals surface area contributed by atoms with Gasteiger partial charge in [0, 0.05) is 6.92 Å². The maximum Gasteiger partial charge on any atom is 0.345 e. The molecule has 0 fully saturated rings. The number of anilines is 1. The molecule has 0 atom stereocenters. The Labute approximate surface area is 72.6 Å². The highest BCUT2D eigenvalue weighted by atomic mass is 32.1. The number of ketones is 1. The number of thiophene rings is 1. The number of carboxylic acids is 1. The Morgan fingerprint density at radius 2 is 2.17 bits per heavy atom. The minimum Gasteiger partial charge on any atom is -0.477 e. The number of aromatic carboxylic acids is 1. The molecule has 1 aromatic heterocycles. The van der Waals surface area contributed by atoms with E-state index in [1.807, 2.05) is 0 Å². The van der Waals surface area contributed by atoms with Gasteiger partial charge in [0.05, 0.1) is 10.6 Å². The van der Waals surface area contributed by atoms with Crippen LogP contribution in [0.25, 0.3) is 0 Å². The fraction of sp³-hybridized carbons (Fsp3) is 0.143. The van der Waals surface area contributed by atoms with Gasteiger partial charge in [0.2, 0.25) is 0 Å². The largest absolute Gasteiger partial charge is 0.477 e. The maximum absolute atomic E-state index is 10.8. The Kier molecular flexibility index (Phi) is 2.14. The molecule has 5 heteroatoms. The van der Waals surface area contributed by atoms with Crippen molar-refractivity contribution in [2.45, 2.75) is 6.92 Å². The molecule has 0 radical (unpaired) electrons. The molecule has 1 rings (SSSR count). The summed E-state index contributed by atoms with van der Waals surface area (Å²) in [6, 6.07) is 1.30. The second-order valence-electron chi connectivity index (χ2n) is 2.26. The number of Topliss-reactive ketones (excluding diaryl/α,β-unsaturated/α-hetero) is 1. The van der Waals surface area contributed by atoms with E-state index < -0.39 is 5.97 Å². The van der Waals surface area contributed by atoms with Gasteiger partial charge < -0.3 is 10.8 Å². The highest BCUT2D eigenvalue weighted by Gasteiger charge is 2.14. The number of hydrogen-bond donors (Lipinski definition) is 2. The zero-order chi connectivity index (χ0) is 9.30. The van der Waals surface area contributed by atoms with Gasteiger partial charge in [-0.25, -0.2) is 4.79 Å². The van der Waals surface area contributed by atoms with Crippen molar-refractivity contribution in [2.24, 2.45) is 0 Å². The van der Waals surface area contributed by atoms with Crippen molar-refractivity contribution in [2.75, 3.05) is 5.73 Å². The van der Waals surface area contributed by atoms with E-state index in [4.69, 9.17) is 10.8 Å². The topological polar surface area (TPSA) is 80.4 Å². The van der Waals surface area contributed by atoms with Crippen molar-refractivity contribution in [3.05, 3.63) is 15.8 Å². The number of rotatable bonds is 2. The van der Waals surface area contributed by atoms with E-state index in [0.717, 1.165) is 11.3 Å². The van der Waals surface area contributed by atoms with Gasteiger partial charge in [-0.1, -0.05) is 0 Å². The van der Waals surface area contributed by atoms with Crippen molar-refractivity contribution < 1.29 is 14.7 Å². The fourth-order valence-corrected chi connectivity index (χ4v) is 1.60. The van der Waals surface area contributed by atoms with Crippen LogP contribution in [0.1, 0.15) is 26.3 Å². The second-order valence-corrected chi connectivity index (χ2v) is 3.31. The Morgan fingerprint density at radius 3 is 2.42 bits per heavy atom. The van der Waals surface area contributed by atoms with Crippen LogP contribution >= 0.6 is 11.3 Å². The standard InChI is InChI=1S/C7H7NO3S/c1-3(9)6-4(8)2-5(12-6)7(10)11/h2H,8H2,1H3,(H,10,11). The normalized spacial score (nSPS) is 9.75. The Bertz CT molecular complexity index is 342. The van der Waals surface area contributed by atoms with Crippen LogP contribution in [0.3, 0.4) is 0 Å². The van der Waals surface area contributed by atoms with Crippen LogP contribution < -0.4 is 5.73 Å². The molecule has 12 heavy (non-hydrogen) atoms. The molecule has 0 amide bonds. The van der Waals surface area contributed by atoms with Crippen molar-refractivity contribution in [3.63, 3.8) is 0 Å². The summed E-state index contributed by atoms with van der Waals surface area (Å²) in [6.45, 7) is 1.35. The number of nitrogens with two attached hydrogens (primary N) is 1. The molecule has 64 valence electrons. The molecule has 0 saturated carbocycles. The van der Waals surface area contributed by atoms with E-state index in [9.17, 15) is 9.59 Å². The molecule has 1 heterocycles. The van der Waals surface area contributed by atoms with Gasteiger partial charge in [0.15, 0.2) is 5.78 Å². The molecule has 0 bridgehead atoms. The minimum atomic E-state index is -1.06. The van der Waals surface area contributed by atoms with Crippen molar-refractivity contribution in [1.82, 2.24) is 0 Å². The van der Waals surface area contributed by atoms with E-state index in [0.29, 0.717) is 4.88 Å². The molecule has 0 aliphatic carbocycles. The average molecular weight is 185 g/mol. The Hall–Kier alpha value is -1.36. The summed E-state index contributed by atoms with van der Waals surface area (Å²) < 4.78 is 0. The first kappa shape index (κ1) is 8.73. The lowest BCUT2D eigenvalue weighted by Crippen LogP contribution is -1.92. The first-order valence-electron chi connectivity index (χ1n) is 3.16. The first-order chi connectivity index (χ1) is 5.52. The summed E-state index contributed by atoms with van der Waals surface area (Å²) in [5, 5.41) is 8.55. The summed E-state index contributed by atoms with van der Waals surface area (Å²) in [6.07, 6.45) is 0. The summed E-state index contributed by atoms with van der Waals surface area (Å²) in [5.74, 6) is -1.26. The first-order valence-corrected chi connectivity index (χ1v) is 3.97. The van der Waals surface area contributed by atoms with Crippen LogP contribution in [-0.4, -0.2) is 16.9 Å². The van der Waals surface area contributed by atoms with Crippen LogP contribution in [0.15, 0.2) is 6.07 Å². The SMILES string of the molecule is CC(=O)c1sc(C(=O)O)cc1N. The summed E-state index contributed by atoms with van der Waals surface area (Å²) >= 11 is 0.902. The second kappa shape index (κ2) is 2.94. The zero-order valence-corrected chi connectivity index (χ0v) is 7.14. The zero-order valence-electron chi connectivity index (χ0n) is 6.33. The molecule has 0 spiro atoms. The van der Waals surface area contributed by atoms with E-state index in [2.05, 4.69) is 0 Å². The van der Waals surface area contributed by atoms with Crippen LogP contribution in [0.5, 0.6) is 0 Å². The Morgan fingerprint density at radius 1 is 1.58 bits per heavy atom. The molecule has 0 aliphatic heterocycles. The third kappa shape index (κ3) is 1.45. The third-order valence-corrected chi connectivity index (χ3v) is 2.53. The van der Waals surface area contributed by atoms with Crippen LogP contribution in [0.2, 0.25) is 0 Å². The van der Waals surface area contributed by atoms with E-state index in [1.54, 1.807) is 0 Å². The predicted molar refractivity (Wildman–Crippen MR) is 45.7 cm³/mol. The quantitative estimate of drug-likeness (QED) is 0.679. The van der Waals surface area contributed by atoms with E-state index >= 15 is 0 Å². The van der Waals surface area contributed by atoms with Gasteiger partial charge in [-0.15, -0.1) is 11.3 Å². The van der Waals surface area contributed by atoms with Crippen LogP contribution in [-0.2, 0) is 0 Å². The molecule has 0 saturated heterocycles. The number of carbonyl (C=O) groups is 2. The molecule has 1 aromatic rings. The Balaban J connectivity index is 3.17. The van der Waals surface area contributed by atoms with Gasteiger partial charge in [0.25, 0.3) is 0 Å². The van der Waals surface area contributed by atoms with Crippen molar-refractivity contribution in [1.29, 1.82) is 0 Å². The molecule has 4 nitrogen and oxygen atoms in total. The minimum absolute atomic E-state index is 0.0951. The van der Waals surface area contributed by atoms with Gasteiger partial charge in [-0.3, -0.25) is 4.79 Å². The molecule has 3 N–H and O–H groups in total. The number of carboxylic acid groups (broad SMARTS) is 1. The maximum atomic E-state index is 10.8. The van der Waals surface area contributed by atoms with E-state index in [-0.39, 0.29) is 16.3 Å². The average Bonchev–Trinajstić information content (AvgIpc) is 2.30. The van der Waals surface area contributed by atoms with Crippen molar-refractivity contribution >= 4 is 28.8 Å². The smallest absolute Gasteiger partial charge is 0.345 e. The van der Waals surface area contributed by atoms with Gasteiger partial charge in [-0.05, 0) is 6.07 Å². The molecule has 0 unspecified atom stereocenters. The summed E-state index contributed by atoms with van der Waals surface area (Å²) in [7, 11) is 0. The lowest BCUT2D eigenvalue weighted by atomic mass is 10.3. The molecular formula is C7H7NO3S.